The molecule has 1 rings (SSSR count). The minimum Gasteiger partial charge on any atom is -0.481 e. The molecule has 0 fully saturated rings. The van der Waals surface area contributed by atoms with Gasteiger partial charge in [-0.3, -0.25) is 9.59 Å². The fourth-order valence-electron chi connectivity index (χ4n) is 1.92. The highest BCUT2D eigenvalue weighted by Crippen LogP contribution is 2.23. The van der Waals surface area contributed by atoms with Gasteiger partial charge in [0, 0.05) is 26.4 Å². The lowest BCUT2D eigenvalue weighted by molar-refractivity contribution is -0.138. The molecule has 21 heavy (non-hydrogen) atoms. The molecular formula is C15H19Cl2NO3. The number of hydrogen-bond acceptors (Lipinski definition) is 2. The summed E-state index contributed by atoms with van der Waals surface area (Å²) in [7, 11) is 1.70. The number of nitrogens with zero attached hydrogens (tertiary/aromatic N) is 1. The van der Waals surface area contributed by atoms with Crippen LogP contribution in [-0.2, 0) is 16.0 Å². The zero-order valence-electron chi connectivity index (χ0n) is 11.9. The Morgan fingerprint density at radius 2 is 1.86 bits per heavy atom. The van der Waals surface area contributed by atoms with Gasteiger partial charge < -0.3 is 10.0 Å². The van der Waals surface area contributed by atoms with E-state index in [1.165, 1.54) is 0 Å². The fourth-order valence-corrected chi connectivity index (χ4v) is 2.24. The molecule has 0 heterocycles. The van der Waals surface area contributed by atoms with Crippen molar-refractivity contribution in [2.75, 3.05) is 13.6 Å². The minimum atomic E-state index is -0.838. The van der Waals surface area contributed by atoms with E-state index in [-0.39, 0.29) is 12.3 Å². The van der Waals surface area contributed by atoms with Crippen LogP contribution in [0.1, 0.15) is 31.2 Å². The maximum Gasteiger partial charge on any atom is 0.303 e. The van der Waals surface area contributed by atoms with E-state index in [2.05, 4.69) is 0 Å². The van der Waals surface area contributed by atoms with Gasteiger partial charge in [0.1, 0.15) is 0 Å². The molecule has 116 valence electrons. The molecule has 0 atom stereocenters. The molecule has 1 aromatic carbocycles. The first kappa shape index (κ1) is 17.8. The molecule has 1 aromatic rings. The van der Waals surface area contributed by atoms with Crippen molar-refractivity contribution in [3.05, 3.63) is 33.8 Å². The maximum atomic E-state index is 11.9. The van der Waals surface area contributed by atoms with E-state index >= 15 is 0 Å². The third kappa shape index (κ3) is 6.82. The van der Waals surface area contributed by atoms with Crippen LogP contribution in [0.3, 0.4) is 0 Å². The molecule has 0 unspecified atom stereocenters. The first-order valence-electron chi connectivity index (χ1n) is 6.80. The van der Waals surface area contributed by atoms with E-state index < -0.39 is 5.97 Å². The van der Waals surface area contributed by atoms with Crippen molar-refractivity contribution in [3.63, 3.8) is 0 Å². The lowest BCUT2D eigenvalue weighted by Crippen LogP contribution is -2.27. The van der Waals surface area contributed by atoms with Crippen LogP contribution in [-0.4, -0.2) is 35.5 Å². The van der Waals surface area contributed by atoms with Gasteiger partial charge in [-0.05, 0) is 37.0 Å². The lowest BCUT2D eigenvalue weighted by atomic mass is 10.1. The Kier molecular flexibility index (Phi) is 7.54. The van der Waals surface area contributed by atoms with Crippen LogP contribution in [0.4, 0.5) is 0 Å². The van der Waals surface area contributed by atoms with Gasteiger partial charge in [0.25, 0.3) is 0 Å². The smallest absolute Gasteiger partial charge is 0.303 e. The first-order chi connectivity index (χ1) is 9.90. The van der Waals surface area contributed by atoms with Gasteiger partial charge in [0.05, 0.1) is 10.0 Å². The highest BCUT2D eigenvalue weighted by Gasteiger charge is 2.09. The molecule has 0 spiro atoms. The Morgan fingerprint density at radius 1 is 1.14 bits per heavy atom. The van der Waals surface area contributed by atoms with Crippen molar-refractivity contribution in [1.29, 1.82) is 0 Å². The Morgan fingerprint density at radius 3 is 2.48 bits per heavy atom. The minimum absolute atomic E-state index is 0.0282. The van der Waals surface area contributed by atoms with Gasteiger partial charge in [-0.1, -0.05) is 29.3 Å². The largest absolute Gasteiger partial charge is 0.481 e. The fraction of sp³-hybridized carbons (Fsp3) is 0.467. The van der Waals surface area contributed by atoms with Crippen molar-refractivity contribution in [3.8, 4) is 0 Å². The van der Waals surface area contributed by atoms with Crippen molar-refractivity contribution in [1.82, 2.24) is 4.90 Å². The molecule has 6 heteroatoms. The number of halogens is 2. The zero-order chi connectivity index (χ0) is 15.8. The lowest BCUT2D eigenvalue weighted by Gasteiger charge is -2.16. The Hall–Kier alpha value is -1.26. The van der Waals surface area contributed by atoms with E-state index in [1.807, 2.05) is 12.1 Å². The first-order valence-corrected chi connectivity index (χ1v) is 7.55. The van der Waals surface area contributed by atoms with Crippen molar-refractivity contribution in [2.24, 2.45) is 0 Å². The van der Waals surface area contributed by atoms with Gasteiger partial charge >= 0.3 is 5.97 Å². The molecule has 0 aliphatic carbocycles. The second kappa shape index (κ2) is 8.90. The summed E-state index contributed by atoms with van der Waals surface area (Å²) in [6.07, 6.45) is 2.47. The topological polar surface area (TPSA) is 57.6 Å². The summed E-state index contributed by atoms with van der Waals surface area (Å²) >= 11 is 11.8. The molecular weight excluding hydrogens is 313 g/mol. The van der Waals surface area contributed by atoms with Gasteiger partial charge in [-0.2, -0.15) is 0 Å². The Balaban J connectivity index is 2.29. The van der Waals surface area contributed by atoms with Crippen LogP contribution in [0.2, 0.25) is 10.0 Å². The average molecular weight is 332 g/mol. The molecule has 0 radical (unpaired) electrons. The molecule has 1 N–H and O–H groups in total. The van der Waals surface area contributed by atoms with Crippen molar-refractivity contribution in [2.45, 2.75) is 32.1 Å². The summed E-state index contributed by atoms with van der Waals surface area (Å²) < 4.78 is 0. The summed E-state index contributed by atoms with van der Waals surface area (Å²) in [4.78, 5) is 23.8. The third-order valence-electron chi connectivity index (χ3n) is 3.15. The van der Waals surface area contributed by atoms with Crippen molar-refractivity contribution < 1.29 is 14.7 Å². The number of carbonyl (C=O) groups excluding carboxylic acids is 1. The molecule has 0 aliphatic rings. The van der Waals surface area contributed by atoms with Crippen LogP contribution in [0.5, 0.6) is 0 Å². The number of hydrogen-bond donors (Lipinski definition) is 1. The van der Waals surface area contributed by atoms with Crippen LogP contribution in [0.15, 0.2) is 18.2 Å². The van der Waals surface area contributed by atoms with Gasteiger partial charge in [0.2, 0.25) is 5.91 Å². The number of aryl methyl sites for hydroxylation is 1. The van der Waals surface area contributed by atoms with Gasteiger partial charge in [0.15, 0.2) is 0 Å². The number of benzene rings is 1. The molecule has 0 aromatic heterocycles. The van der Waals surface area contributed by atoms with E-state index in [9.17, 15) is 9.59 Å². The summed E-state index contributed by atoms with van der Waals surface area (Å²) in [6.45, 7) is 0.470. The second-order valence-electron chi connectivity index (χ2n) is 4.91. The predicted molar refractivity (Wildman–Crippen MR) is 83.9 cm³/mol. The van der Waals surface area contributed by atoms with E-state index in [1.54, 1.807) is 18.0 Å². The monoisotopic (exact) mass is 331 g/mol. The standard InChI is InChI=1S/C15H19Cl2NO3/c1-18(9-3-6-15(20)21)14(19)5-2-4-11-7-8-12(16)13(17)10-11/h7-8,10H,2-6,9H2,1H3,(H,20,21). The molecule has 0 saturated heterocycles. The van der Waals surface area contributed by atoms with Crippen LogP contribution >= 0.6 is 23.2 Å². The number of aliphatic carboxylic acids is 1. The SMILES string of the molecule is CN(CCCC(=O)O)C(=O)CCCc1ccc(Cl)c(Cl)c1. The molecule has 0 saturated carbocycles. The summed E-state index contributed by atoms with van der Waals surface area (Å²) in [6, 6.07) is 5.46. The van der Waals surface area contributed by atoms with Gasteiger partial charge in [-0.25, -0.2) is 0 Å². The quantitative estimate of drug-likeness (QED) is 0.791. The number of amides is 1. The summed E-state index contributed by atoms with van der Waals surface area (Å²) in [5, 5.41) is 9.59. The highest BCUT2D eigenvalue weighted by molar-refractivity contribution is 6.42. The number of rotatable bonds is 8. The van der Waals surface area contributed by atoms with Crippen LogP contribution < -0.4 is 0 Å². The van der Waals surface area contributed by atoms with E-state index in [4.69, 9.17) is 28.3 Å². The average Bonchev–Trinajstić information content (AvgIpc) is 2.42. The Labute approximate surface area is 134 Å². The van der Waals surface area contributed by atoms with Gasteiger partial charge in [-0.15, -0.1) is 0 Å². The molecule has 0 bridgehead atoms. The highest BCUT2D eigenvalue weighted by atomic mass is 35.5. The second-order valence-corrected chi connectivity index (χ2v) is 5.73. The normalized spacial score (nSPS) is 10.4. The molecule has 1 amide bonds. The molecule has 4 nitrogen and oxygen atoms in total. The summed E-state index contributed by atoms with van der Waals surface area (Å²) in [5.41, 5.74) is 1.05. The number of carboxylic acids is 1. The predicted octanol–water partition coefficient (Wildman–Crippen LogP) is 3.64. The van der Waals surface area contributed by atoms with Crippen molar-refractivity contribution >= 4 is 35.1 Å². The molecule has 0 aliphatic heterocycles. The van der Waals surface area contributed by atoms with E-state index in [0.717, 1.165) is 18.4 Å². The Bertz CT molecular complexity index is 506. The van der Waals surface area contributed by atoms with E-state index in [0.29, 0.717) is 29.4 Å². The summed E-state index contributed by atoms with van der Waals surface area (Å²) in [5.74, 6) is -0.809. The van der Waals surface area contributed by atoms with Crippen LogP contribution in [0.25, 0.3) is 0 Å². The third-order valence-corrected chi connectivity index (χ3v) is 3.89. The van der Waals surface area contributed by atoms with Crippen LogP contribution in [0, 0.1) is 0 Å². The number of carbonyl (C=O) groups is 2. The number of carboxylic acid groups (broad SMARTS) is 1. The zero-order valence-corrected chi connectivity index (χ0v) is 13.5. The maximum absolute atomic E-state index is 11.9.